The van der Waals surface area contributed by atoms with E-state index in [2.05, 4.69) is 4.98 Å². The lowest BCUT2D eigenvalue weighted by Gasteiger charge is -1.85. The molecule has 2 heteroatoms. The fraction of sp³-hybridized carbons (Fsp3) is 0. The van der Waals surface area contributed by atoms with Crippen LogP contribution in [0.1, 0.15) is 5.56 Å². The zero-order chi connectivity index (χ0) is 6.53. The maximum Gasteiger partial charge on any atom is 0.0340 e. The predicted octanol–water partition coefficient (Wildman–Crippen LogP) is 2.29. The normalized spacial score (nSPS) is 10.3. The Kier molecular flexibility index (Phi) is 2.28. The second kappa shape index (κ2) is 3.25. The molecule has 0 atom stereocenters. The number of hydrogen-bond donors (Lipinski definition) is 0. The molecule has 0 aliphatic rings. The van der Waals surface area contributed by atoms with Gasteiger partial charge in [-0.25, -0.2) is 0 Å². The molecule has 0 bridgehead atoms. The standard InChI is InChI=1S/C7H6ClN/c8-4-3-7-2-1-5-9-6-7/h1-6H. The summed E-state index contributed by atoms with van der Waals surface area (Å²) in [6.45, 7) is 0. The fourth-order valence-corrected chi connectivity index (χ4v) is 0.693. The highest BCUT2D eigenvalue weighted by Gasteiger charge is 1.79. The molecule has 0 saturated carbocycles. The molecule has 0 spiro atoms. The Morgan fingerprint density at radius 1 is 1.56 bits per heavy atom. The van der Waals surface area contributed by atoms with Crippen molar-refractivity contribution in [3.63, 3.8) is 0 Å². The Morgan fingerprint density at radius 2 is 2.44 bits per heavy atom. The van der Waals surface area contributed by atoms with Crippen LogP contribution in [0.4, 0.5) is 0 Å². The first-order valence-corrected chi connectivity index (χ1v) is 3.04. The fourth-order valence-electron chi connectivity index (χ4n) is 0.547. The van der Waals surface area contributed by atoms with Gasteiger partial charge in [0.15, 0.2) is 0 Å². The van der Waals surface area contributed by atoms with Crippen molar-refractivity contribution in [2.24, 2.45) is 0 Å². The van der Waals surface area contributed by atoms with Gasteiger partial charge in [-0.2, -0.15) is 0 Å². The van der Waals surface area contributed by atoms with E-state index in [1.165, 1.54) is 5.54 Å². The Morgan fingerprint density at radius 3 is 3.00 bits per heavy atom. The molecular formula is C7H6ClN. The van der Waals surface area contributed by atoms with E-state index in [9.17, 15) is 0 Å². The van der Waals surface area contributed by atoms with Gasteiger partial charge < -0.3 is 0 Å². The lowest BCUT2D eigenvalue weighted by molar-refractivity contribution is 1.32. The van der Waals surface area contributed by atoms with E-state index in [1.807, 2.05) is 12.1 Å². The summed E-state index contributed by atoms with van der Waals surface area (Å²) in [6, 6.07) is 3.80. The van der Waals surface area contributed by atoms with Crippen molar-refractivity contribution in [3.8, 4) is 0 Å². The molecule has 0 radical (unpaired) electrons. The van der Waals surface area contributed by atoms with E-state index in [0.29, 0.717) is 0 Å². The van der Waals surface area contributed by atoms with Crippen LogP contribution in [-0.4, -0.2) is 4.98 Å². The van der Waals surface area contributed by atoms with Crippen LogP contribution in [0.15, 0.2) is 30.1 Å². The third-order valence-corrected chi connectivity index (χ3v) is 1.07. The summed E-state index contributed by atoms with van der Waals surface area (Å²) in [4.78, 5) is 3.89. The highest BCUT2D eigenvalue weighted by atomic mass is 35.5. The minimum Gasteiger partial charge on any atom is -0.264 e. The van der Waals surface area contributed by atoms with Crippen LogP contribution in [0.5, 0.6) is 0 Å². The van der Waals surface area contributed by atoms with Gasteiger partial charge in [0, 0.05) is 17.9 Å². The van der Waals surface area contributed by atoms with Gasteiger partial charge in [-0.15, -0.1) is 0 Å². The van der Waals surface area contributed by atoms with E-state index in [0.717, 1.165) is 5.56 Å². The summed E-state index contributed by atoms with van der Waals surface area (Å²) in [6.07, 6.45) is 5.26. The number of rotatable bonds is 1. The minimum absolute atomic E-state index is 1.02. The molecular weight excluding hydrogens is 134 g/mol. The first kappa shape index (κ1) is 6.30. The summed E-state index contributed by atoms with van der Waals surface area (Å²) in [5.74, 6) is 0. The third-order valence-electron chi connectivity index (χ3n) is 0.940. The van der Waals surface area contributed by atoms with Crippen LogP contribution in [0.25, 0.3) is 6.08 Å². The van der Waals surface area contributed by atoms with Gasteiger partial charge in [0.05, 0.1) is 0 Å². The molecule has 0 aliphatic heterocycles. The summed E-state index contributed by atoms with van der Waals surface area (Å²) >= 11 is 5.33. The van der Waals surface area contributed by atoms with Crippen LogP contribution in [0.2, 0.25) is 0 Å². The van der Waals surface area contributed by atoms with Crippen molar-refractivity contribution >= 4 is 17.7 Å². The average molecular weight is 140 g/mol. The molecule has 1 heterocycles. The molecule has 0 N–H and O–H groups in total. The molecule has 1 nitrogen and oxygen atoms in total. The molecule has 0 amide bonds. The van der Waals surface area contributed by atoms with Gasteiger partial charge in [0.25, 0.3) is 0 Å². The van der Waals surface area contributed by atoms with Gasteiger partial charge in [-0.3, -0.25) is 4.98 Å². The summed E-state index contributed by atoms with van der Waals surface area (Å²) in [5, 5.41) is 0. The molecule has 9 heavy (non-hydrogen) atoms. The first-order valence-electron chi connectivity index (χ1n) is 2.60. The topological polar surface area (TPSA) is 12.9 Å². The van der Waals surface area contributed by atoms with Crippen LogP contribution in [0, 0.1) is 0 Å². The molecule has 0 aromatic carbocycles. The van der Waals surface area contributed by atoms with Crippen LogP contribution in [-0.2, 0) is 0 Å². The summed E-state index contributed by atoms with van der Waals surface area (Å²) < 4.78 is 0. The Hall–Kier alpha value is -0.820. The number of aromatic nitrogens is 1. The highest BCUT2D eigenvalue weighted by Crippen LogP contribution is 1.98. The van der Waals surface area contributed by atoms with Crippen molar-refractivity contribution in [2.45, 2.75) is 0 Å². The molecule has 46 valence electrons. The van der Waals surface area contributed by atoms with E-state index >= 15 is 0 Å². The van der Waals surface area contributed by atoms with E-state index in [1.54, 1.807) is 18.5 Å². The molecule has 1 aromatic heterocycles. The predicted molar refractivity (Wildman–Crippen MR) is 39.1 cm³/mol. The second-order valence-electron chi connectivity index (χ2n) is 1.58. The summed E-state index contributed by atoms with van der Waals surface area (Å²) in [7, 11) is 0. The molecule has 0 aliphatic carbocycles. The third kappa shape index (κ3) is 1.86. The lowest BCUT2D eigenvalue weighted by atomic mass is 10.3. The quantitative estimate of drug-likeness (QED) is 0.582. The molecule has 1 rings (SSSR count). The minimum atomic E-state index is 1.02. The van der Waals surface area contributed by atoms with E-state index in [-0.39, 0.29) is 0 Å². The smallest absolute Gasteiger partial charge is 0.0340 e. The van der Waals surface area contributed by atoms with E-state index in [4.69, 9.17) is 11.6 Å². The highest BCUT2D eigenvalue weighted by molar-refractivity contribution is 6.27. The maximum atomic E-state index is 5.33. The van der Waals surface area contributed by atoms with Crippen LogP contribution >= 0.6 is 11.6 Å². The van der Waals surface area contributed by atoms with Crippen molar-refractivity contribution in [1.82, 2.24) is 4.98 Å². The SMILES string of the molecule is ClC=Cc1cccnc1. The zero-order valence-electron chi connectivity index (χ0n) is 4.79. The molecule has 1 aromatic rings. The number of nitrogens with zero attached hydrogens (tertiary/aromatic N) is 1. The van der Waals surface area contributed by atoms with Crippen molar-refractivity contribution in [1.29, 1.82) is 0 Å². The molecule has 0 fully saturated rings. The monoisotopic (exact) mass is 139 g/mol. The number of hydrogen-bond acceptors (Lipinski definition) is 1. The van der Waals surface area contributed by atoms with Crippen molar-refractivity contribution < 1.29 is 0 Å². The molecule has 0 saturated heterocycles. The van der Waals surface area contributed by atoms with Crippen LogP contribution in [0.3, 0.4) is 0 Å². The van der Waals surface area contributed by atoms with Crippen molar-refractivity contribution in [2.75, 3.05) is 0 Å². The van der Waals surface area contributed by atoms with Gasteiger partial charge in [-0.05, 0) is 17.7 Å². The van der Waals surface area contributed by atoms with Crippen LogP contribution < -0.4 is 0 Å². The zero-order valence-corrected chi connectivity index (χ0v) is 5.55. The number of pyridine rings is 1. The molecule has 0 unspecified atom stereocenters. The van der Waals surface area contributed by atoms with Gasteiger partial charge >= 0.3 is 0 Å². The number of halogens is 1. The van der Waals surface area contributed by atoms with Gasteiger partial charge in [0.1, 0.15) is 0 Å². The Balaban J connectivity index is 2.85. The second-order valence-corrected chi connectivity index (χ2v) is 1.83. The average Bonchev–Trinajstić information content (AvgIpc) is 1.91. The van der Waals surface area contributed by atoms with Gasteiger partial charge in [0.2, 0.25) is 0 Å². The van der Waals surface area contributed by atoms with E-state index < -0.39 is 0 Å². The summed E-state index contributed by atoms with van der Waals surface area (Å²) in [5.41, 5.74) is 2.49. The Labute approximate surface area is 59.0 Å². The largest absolute Gasteiger partial charge is 0.264 e. The lowest BCUT2D eigenvalue weighted by Crippen LogP contribution is -1.70. The van der Waals surface area contributed by atoms with Crippen molar-refractivity contribution in [3.05, 3.63) is 35.6 Å². The Bertz CT molecular complexity index is 193. The first-order chi connectivity index (χ1) is 4.43. The van der Waals surface area contributed by atoms with Gasteiger partial charge in [-0.1, -0.05) is 17.7 Å². The maximum absolute atomic E-state index is 5.33.